The van der Waals surface area contributed by atoms with E-state index in [1.54, 1.807) is 32.8 Å². The Bertz CT molecular complexity index is 1040. The number of amides is 1. The van der Waals surface area contributed by atoms with Gasteiger partial charge in [-0.3, -0.25) is 9.36 Å². The summed E-state index contributed by atoms with van der Waals surface area (Å²) in [6.07, 6.45) is 5.12. The number of fused-ring (bicyclic) bond motifs is 1. The number of hydrogen-bond acceptors (Lipinski definition) is 5. The smallest absolute Gasteiger partial charge is 0.410 e. The van der Waals surface area contributed by atoms with Gasteiger partial charge in [0.05, 0.1) is 30.7 Å². The number of carbonyl (C=O) groups is 1. The van der Waals surface area contributed by atoms with Crippen molar-refractivity contribution in [2.45, 2.75) is 26.1 Å². The molecule has 0 atom stereocenters. The van der Waals surface area contributed by atoms with Crippen LogP contribution < -0.4 is 5.56 Å². The highest BCUT2D eigenvalue weighted by Gasteiger charge is 2.25. The predicted molar refractivity (Wildman–Crippen MR) is 102 cm³/mol. The van der Waals surface area contributed by atoms with Gasteiger partial charge in [-0.1, -0.05) is 30.3 Å². The van der Waals surface area contributed by atoms with Crippen molar-refractivity contribution >= 4 is 6.09 Å². The lowest BCUT2D eigenvalue weighted by molar-refractivity contribution is 0.0884. The lowest BCUT2D eigenvalue weighted by atomic mass is 10.1. The fourth-order valence-corrected chi connectivity index (χ4v) is 3.25. The van der Waals surface area contributed by atoms with E-state index in [2.05, 4.69) is 9.97 Å². The molecule has 0 aliphatic carbocycles. The molecule has 0 unspecified atom stereocenters. The van der Waals surface area contributed by atoms with E-state index in [4.69, 9.17) is 4.74 Å². The summed E-state index contributed by atoms with van der Waals surface area (Å²) in [5.41, 5.74) is 2.21. The second-order valence-corrected chi connectivity index (χ2v) is 6.77. The van der Waals surface area contributed by atoms with Crippen LogP contribution in [0.25, 0.3) is 0 Å². The quantitative estimate of drug-likeness (QED) is 0.689. The summed E-state index contributed by atoms with van der Waals surface area (Å²) in [4.78, 5) is 35.5. The van der Waals surface area contributed by atoms with E-state index in [0.29, 0.717) is 30.9 Å². The number of rotatable bonds is 4. The Morgan fingerprint density at radius 1 is 1.21 bits per heavy atom. The van der Waals surface area contributed by atoms with Crippen molar-refractivity contribution in [1.82, 2.24) is 24.0 Å². The molecule has 3 heterocycles. The molecule has 1 aromatic carbocycles. The Morgan fingerprint density at radius 3 is 2.79 bits per heavy atom. The van der Waals surface area contributed by atoms with Crippen molar-refractivity contribution < 1.29 is 9.53 Å². The second-order valence-electron chi connectivity index (χ2n) is 6.77. The molecule has 0 bridgehead atoms. The highest BCUT2D eigenvalue weighted by Crippen LogP contribution is 2.15. The minimum atomic E-state index is -0.452. The normalized spacial score (nSPS) is 13.2. The number of ether oxygens (including phenoxy) is 1. The molecule has 0 N–H and O–H groups in total. The Kier molecular flexibility index (Phi) is 4.92. The van der Waals surface area contributed by atoms with Gasteiger partial charge in [0.2, 0.25) is 0 Å². The maximum atomic E-state index is 12.9. The molecule has 0 fully saturated rings. The molecule has 1 amide bonds. The minimum absolute atomic E-state index is 0.0942. The summed E-state index contributed by atoms with van der Waals surface area (Å²) >= 11 is 0. The van der Waals surface area contributed by atoms with Crippen LogP contribution in [0.2, 0.25) is 0 Å². The van der Waals surface area contributed by atoms with Gasteiger partial charge in [-0.25, -0.2) is 14.8 Å². The number of benzene rings is 1. The average molecular weight is 379 g/mol. The fourth-order valence-electron chi connectivity index (χ4n) is 3.25. The third-order valence-electron chi connectivity index (χ3n) is 4.89. The number of carbonyl (C=O) groups excluding carboxylic acids is 1. The molecule has 0 saturated heterocycles. The average Bonchev–Trinajstić information content (AvgIpc) is 3.13. The van der Waals surface area contributed by atoms with Gasteiger partial charge in [0.25, 0.3) is 5.56 Å². The number of imidazole rings is 1. The topological polar surface area (TPSA) is 82.2 Å². The summed E-state index contributed by atoms with van der Waals surface area (Å²) in [5, 5.41) is 0. The molecule has 0 spiro atoms. The molecule has 1 aliphatic heterocycles. The third-order valence-corrected chi connectivity index (χ3v) is 4.89. The van der Waals surface area contributed by atoms with E-state index in [0.717, 1.165) is 11.3 Å². The summed E-state index contributed by atoms with van der Waals surface area (Å²) < 4.78 is 8.74. The third kappa shape index (κ3) is 3.66. The van der Waals surface area contributed by atoms with Crippen LogP contribution in [0.5, 0.6) is 0 Å². The molecule has 28 heavy (non-hydrogen) atoms. The van der Waals surface area contributed by atoms with E-state index in [1.165, 1.54) is 0 Å². The zero-order valence-electron chi connectivity index (χ0n) is 15.6. The van der Waals surface area contributed by atoms with Gasteiger partial charge in [-0.05, 0) is 5.56 Å². The van der Waals surface area contributed by atoms with Crippen LogP contribution in [0.3, 0.4) is 0 Å². The maximum Gasteiger partial charge on any atom is 0.410 e. The highest BCUT2D eigenvalue weighted by atomic mass is 16.6. The summed E-state index contributed by atoms with van der Waals surface area (Å²) in [6, 6.07) is 9.74. The van der Waals surface area contributed by atoms with Crippen molar-refractivity contribution in [2.75, 3.05) is 6.54 Å². The molecule has 144 valence electrons. The zero-order valence-corrected chi connectivity index (χ0v) is 15.6. The van der Waals surface area contributed by atoms with Gasteiger partial charge in [-0.15, -0.1) is 0 Å². The van der Waals surface area contributed by atoms with E-state index in [9.17, 15) is 9.59 Å². The molecule has 4 rings (SSSR count). The van der Waals surface area contributed by atoms with Crippen molar-refractivity contribution in [2.24, 2.45) is 7.05 Å². The number of hydrogen-bond donors (Lipinski definition) is 0. The second kappa shape index (κ2) is 7.67. The van der Waals surface area contributed by atoms with E-state index in [-0.39, 0.29) is 18.7 Å². The first-order valence-corrected chi connectivity index (χ1v) is 9.11. The first kappa shape index (κ1) is 18.0. The lowest BCUT2D eigenvalue weighted by Crippen LogP contribution is -2.41. The summed E-state index contributed by atoms with van der Waals surface area (Å²) in [7, 11) is 1.84. The van der Waals surface area contributed by atoms with Crippen LogP contribution in [-0.4, -0.2) is 36.6 Å². The van der Waals surface area contributed by atoms with Crippen LogP contribution in [0.15, 0.2) is 53.8 Å². The Hall–Kier alpha value is -3.42. The Balaban J connectivity index is 1.47. The van der Waals surface area contributed by atoms with E-state index in [1.807, 2.05) is 37.4 Å². The summed E-state index contributed by atoms with van der Waals surface area (Å²) in [6.45, 7) is 1.22. The van der Waals surface area contributed by atoms with Crippen LogP contribution in [0.1, 0.15) is 22.6 Å². The zero-order chi connectivity index (χ0) is 19.5. The van der Waals surface area contributed by atoms with Gasteiger partial charge in [0.1, 0.15) is 5.82 Å². The standard InChI is InChI=1S/C20H21N5O3/c1-23-10-8-21-18(23)13-28-20(27)24-9-7-17-16(12-24)19(26)25(14-22-17)11-15-5-3-2-4-6-15/h2-6,8,10,14H,7,9,11-13H2,1H3. The number of aromatic nitrogens is 4. The Morgan fingerprint density at radius 2 is 2.04 bits per heavy atom. The molecule has 8 heteroatoms. The number of nitrogens with zero attached hydrogens (tertiary/aromatic N) is 5. The molecular weight excluding hydrogens is 358 g/mol. The molecule has 2 aromatic heterocycles. The first-order valence-electron chi connectivity index (χ1n) is 9.11. The SMILES string of the molecule is Cn1ccnc1COC(=O)N1CCc2ncn(Cc3ccccc3)c(=O)c2C1. The van der Waals surface area contributed by atoms with Crippen molar-refractivity contribution in [3.63, 3.8) is 0 Å². The molecule has 0 radical (unpaired) electrons. The van der Waals surface area contributed by atoms with Gasteiger partial charge >= 0.3 is 6.09 Å². The monoisotopic (exact) mass is 379 g/mol. The highest BCUT2D eigenvalue weighted by molar-refractivity contribution is 5.68. The molecule has 0 saturated carbocycles. The lowest BCUT2D eigenvalue weighted by Gasteiger charge is -2.27. The van der Waals surface area contributed by atoms with E-state index < -0.39 is 6.09 Å². The molecular formula is C20H21N5O3. The van der Waals surface area contributed by atoms with Gasteiger partial charge in [0.15, 0.2) is 6.61 Å². The molecule has 3 aromatic rings. The van der Waals surface area contributed by atoms with Crippen LogP contribution >= 0.6 is 0 Å². The van der Waals surface area contributed by atoms with Crippen LogP contribution in [0.4, 0.5) is 4.79 Å². The van der Waals surface area contributed by atoms with Gasteiger partial charge in [0, 0.05) is 32.4 Å². The van der Waals surface area contributed by atoms with Crippen molar-refractivity contribution in [3.8, 4) is 0 Å². The fraction of sp³-hybridized carbons (Fsp3) is 0.300. The Labute approximate surface area is 162 Å². The first-order chi connectivity index (χ1) is 13.6. The number of aryl methyl sites for hydroxylation is 1. The van der Waals surface area contributed by atoms with E-state index >= 15 is 0 Å². The van der Waals surface area contributed by atoms with Crippen molar-refractivity contribution in [1.29, 1.82) is 0 Å². The summed E-state index contributed by atoms with van der Waals surface area (Å²) in [5.74, 6) is 0.664. The molecule has 8 nitrogen and oxygen atoms in total. The maximum absolute atomic E-state index is 12.9. The van der Waals surface area contributed by atoms with Crippen LogP contribution in [0, 0.1) is 0 Å². The van der Waals surface area contributed by atoms with Gasteiger partial charge < -0.3 is 14.2 Å². The van der Waals surface area contributed by atoms with Crippen LogP contribution in [-0.2, 0) is 37.9 Å². The predicted octanol–water partition coefficient (Wildman–Crippen LogP) is 1.72. The minimum Gasteiger partial charge on any atom is -0.441 e. The van der Waals surface area contributed by atoms with Crippen molar-refractivity contribution in [3.05, 3.63) is 82.1 Å². The largest absolute Gasteiger partial charge is 0.441 e. The molecule has 1 aliphatic rings. The van der Waals surface area contributed by atoms with Gasteiger partial charge in [-0.2, -0.15) is 0 Å².